The minimum Gasteiger partial charge on any atom is -0.481 e. The quantitative estimate of drug-likeness (QED) is 0.929. The summed E-state index contributed by atoms with van der Waals surface area (Å²) in [5.41, 5.74) is 8.52. The second kappa shape index (κ2) is 6.06. The highest BCUT2D eigenvalue weighted by atomic mass is 16.5. The standard InChI is InChI=1S/C17H24N2O2/c1-12(17(20)19-9-3-2-4-10-19)21-14-6-7-15-13(11-14)5-8-16(15)18/h6-7,11-12,16H,2-5,8-10,18H2,1H3/t12?,16-/m1/s1. The molecule has 2 atom stereocenters. The number of nitrogens with zero attached hydrogens (tertiary/aromatic N) is 1. The van der Waals surface area contributed by atoms with Gasteiger partial charge in [0.15, 0.2) is 6.10 Å². The van der Waals surface area contributed by atoms with Gasteiger partial charge in [0.05, 0.1) is 0 Å². The molecule has 114 valence electrons. The zero-order valence-electron chi connectivity index (χ0n) is 12.7. The number of benzene rings is 1. The molecule has 1 saturated heterocycles. The molecule has 0 aromatic heterocycles. The van der Waals surface area contributed by atoms with Crippen molar-refractivity contribution < 1.29 is 9.53 Å². The third-order valence-corrected chi connectivity index (χ3v) is 4.57. The first-order chi connectivity index (χ1) is 10.1. The Hall–Kier alpha value is -1.55. The van der Waals surface area contributed by atoms with Gasteiger partial charge >= 0.3 is 0 Å². The van der Waals surface area contributed by atoms with E-state index in [0.29, 0.717) is 0 Å². The Morgan fingerprint density at radius 3 is 2.86 bits per heavy atom. The number of hydrogen-bond donors (Lipinski definition) is 1. The van der Waals surface area contributed by atoms with Gasteiger partial charge in [0.25, 0.3) is 5.91 Å². The van der Waals surface area contributed by atoms with Crippen molar-refractivity contribution in [3.8, 4) is 5.75 Å². The van der Waals surface area contributed by atoms with Crippen LogP contribution in [0.1, 0.15) is 49.8 Å². The van der Waals surface area contributed by atoms with E-state index in [1.54, 1.807) is 0 Å². The van der Waals surface area contributed by atoms with Crippen molar-refractivity contribution in [2.45, 2.75) is 51.2 Å². The molecular weight excluding hydrogens is 264 g/mol. The Morgan fingerprint density at radius 1 is 1.33 bits per heavy atom. The van der Waals surface area contributed by atoms with Crippen LogP contribution in [0.2, 0.25) is 0 Å². The van der Waals surface area contributed by atoms with E-state index in [1.165, 1.54) is 17.5 Å². The number of rotatable bonds is 3. The first-order valence-corrected chi connectivity index (χ1v) is 7.99. The van der Waals surface area contributed by atoms with Crippen LogP contribution in [0.3, 0.4) is 0 Å². The molecule has 0 saturated carbocycles. The molecule has 0 bridgehead atoms. The topological polar surface area (TPSA) is 55.6 Å². The molecule has 2 aliphatic rings. The second-order valence-electron chi connectivity index (χ2n) is 6.15. The number of aryl methyl sites for hydroxylation is 1. The third kappa shape index (κ3) is 3.05. The highest BCUT2D eigenvalue weighted by Gasteiger charge is 2.24. The second-order valence-corrected chi connectivity index (χ2v) is 6.15. The summed E-state index contributed by atoms with van der Waals surface area (Å²) >= 11 is 0. The van der Waals surface area contributed by atoms with E-state index in [1.807, 2.05) is 30.0 Å². The number of piperidine rings is 1. The van der Waals surface area contributed by atoms with E-state index in [4.69, 9.17) is 10.5 Å². The molecule has 21 heavy (non-hydrogen) atoms. The van der Waals surface area contributed by atoms with Crippen LogP contribution >= 0.6 is 0 Å². The van der Waals surface area contributed by atoms with Crippen molar-refractivity contribution in [1.29, 1.82) is 0 Å². The first-order valence-electron chi connectivity index (χ1n) is 7.99. The summed E-state index contributed by atoms with van der Waals surface area (Å²) in [5, 5.41) is 0. The van der Waals surface area contributed by atoms with E-state index in [9.17, 15) is 4.79 Å². The fourth-order valence-electron chi connectivity index (χ4n) is 3.33. The molecule has 4 heteroatoms. The lowest BCUT2D eigenvalue weighted by Crippen LogP contribution is -2.43. The minimum absolute atomic E-state index is 0.104. The van der Waals surface area contributed by atoms with Gasteiger partial charge < -0.3 is 15.4 Å². The number of nitrogens with two attached hydrogens (primary N) is 1. The molecule has 3 rings (SSSR count). The van der Waals surface area contributed by atoms with Crippen LogP contribution in [0.5, 0.6) is 5.75 Å². The molecule has 2 N–H and O–H groups in total. The maximum absolute atomic E-state index is 12.4. The van der Waals surface area contributed by atoms with Gasteiger partial charge in [-0.15, -0.1) is 0 Å². The number of ether oxygens (including phenoxy) is 1. The van der Waals surface area contributed by atoms with E-state index in [2.05, 4.69) is 0 Å². The molecule has 0 spiro atoms. The van der Waals surface area contributed by atoms with E-state index >= 15 is 0 Å². The molecule has 1 aromatic carbocycles. The summed E-state index contributed by atoms with van der Waals surface area (Å²) in [4.78, 5) is 14.3. The van der Waals surface area contributed by atoms with E-state index in [0.717, 1.165) is 44.5 Å². The Balaban J connectivity index is 1.64. The average Bonchev–Trinajstić information content (AvgIpc) is 2.88. The van der Waals surface area contributed by atoms with Gasteiger partial charge in [-0.05, 0) is 62.3 Å². The summed E-state index contributed by atoms with van der Waals surface area (Å²) in [6, 6.07) is 6.17. The molecule has 1 fully saturated rings. The van der Waals surface area contributed by atoms with E-state index < -0.39 is 6.10 Å². The average molecular weight is 288 g/mol. The molecule has 1 aromatic rings. The fraction of sp³-hybridized carbons (Fsp3) is 0.588. The highest BCUT2D eigenvalue weighted by molar-refractivity contribution is 5.81. The molecule has 1 aliphatic heterocycles. The van der Waals surface area contributed by atoms with Crippen molar-refractivity contribution in [2.75, 3.05) is 13.1 Å². The van der Waals surface area contributed by atoms with Gasteiger partial charge in [-0.25, -0.2) is 0 Å². The van der Waals surface area contributed by atoms with Crippen molar-refractivity contribution in [3.05, 3.63) is 29.3 Å². The largest absolute Gasteiger partial charge is 0.481 e. The Kier molecular flexibility index (Phi) is 4.15. The summed E-state index contributed by atoms with van der Waals surface area (Å²) in [6.45, 7) is 3.58. The van der Waals surface area contributed by atoms with Gasteiger partial charge in [-0.2, -0.15) is 0 Å². The molecule has 1 aliphatic carbocycles. The lowest BCUT2D eigenvalue weighted by Gasteiger charge is -2.29. The predicted molar refractivity (Wildman–Crippen MR) is 82.2 cm³/mol. The Labute approximate surface area is 126 Å². The molecule has 1 amide bonds. The van der Waals surface area contributed by atoms with Crippen molar-refractivity contribution in [1.82, 2.24) is 4.90 Å². The lowest BCUT2D eigenvalue weighted by atomic mass is 10.1. The SMILES string of the molecule is CC(Oc1ccc2c(c1)CC[C@H]2N)C(=O)N1CCCCC1. The maximum atomic E-state index is 12.4. The summed E-state index contributed by atoms with van der Waals surface area (Å²) < 4.78 is 5.86. The van der Waals surface area contributed by atoms with Crippen LogP contribution in [0.4, 0.5) is 0 Å². The number of hydrogen-bond acceptors (Lipinski definition) is 3. The zero-order chi connectivity index (χ0) is 14.8. The molecular formula is C17H24N2O2. The van der Waals surface area contributed by atoms with Gasteiger partial charge in [0.2, 0.25) is 0 Å². The van der Waals surface area contributed by atoms with E-state index in [-0.39, 0.29) is 11.9 Å². The van der Waals surface area contributed by atoms with Crippen molar-refractivity contribution in [3.63, 3.8) is 0 Å². The van der Waals surface area contributed by atoms with Gasteiger partial charge in [-0.3, -0.25) is 4.79 Å². The number of carbonyl (C=O) groups excluding carboxylic acids is 1. The van der Waals surface area contributed by atoms with Crippen molar-refractivity contribution >= 4 is 5.91 Å². The fourth-order valence-corrected chi connectivity index (χ4v) is 3.33. The summed E-state index contributed by atoms with van der Waals surface area (Å²) in [7, 11) is 0. The minimum atomic E-state index is -0.420. The van der Waals surface area contributed by atoms with Crippen LogP contribution < -0.4 is 10.5 Å². The monoisotopic (exact) mass is 288 g/mol. The van der Waals surface area contributed by atoms with Gasteiger partial charge in [0, 0.05) is 19.1 Å². The molecule has 4 nitrogen and oxygen atoms in total. The van der Waals surface area contributed by atoms with Gasteiger partial charge in [-0.1, -0.05) is 6.07 Å². The Bertz CT molecular complexity index is 524. The Morgan fingerprint density at radius 2 is 2.10 bits per heavy atom. The highest BCUT2D eigenvalue weighted by Crippen LogP contribution is 2.32. The lowest BCUT2D eigenvalue weighted by molar-refractivity contribution is -0.138. The van der Waals surface area contributed by atoms with Crippen LogP contribution in [0.15, 0.2) is 18.2 Å². The van der Waals surface area contributed by atoms with Crippen LogP contribution in [0, 0.1) is 0 Å². The number of carbonyl (C=O) groups is 1. The molecule has 0 radical (unpaired) electrons. The van der Waals surface area contributed by atoms with Crippen LogP contribution in [-0.2, 0) is 11.2 Å². The molecule has 1 unspecified atom stereocenters. The zero-order valence-corrected chi connectivity index (χ0v) is 12.7. The summed E-state index contributed by atoms with van der Waals surface area (Å²) in [5.74, 6) is 0.882. The predicted octanol–water partition coefficient (Wildman–Crippen LogP) is 2.41. The number of amides is 1. The van der Waals surface area contributed by atoms with Crippen LogP contribution in [-0.4, -0.2) is 30.0 Å². The maximum Gasteiger partial charge on any atom is 0.263 e. The summed E-state index contributed by atoms with van der Waals surface area (Å²) in [6.07, 6.45) is 5.02. The smallest absolute Gasteiger partial charge is 0.263 e. The van der Waals surface area contributed by atoms with Gasteiger partial charge in [0.1, 0.15) is 5.75 Å². The van der Waals surface area contributed by atoms with Crippen molar-refractivity contribution in [2.24, 2.45) is 5.73 Å². The number of likely N-dealkylation sites (tertiary alicyclic amines) is 1. The van der Waals surface area contributed by atoms with Crippen LogP contribution in [0.25, 0.3) is 0 Å². The number of fused-ring (bicyclic) bond motifs is 1. The first kappa shape index (κ1) is 14.4. The third-order valence-electron chi connectivity index (χ3n) is 4.57. The molecule has 1 heterocycles. The normalized spacial score (nSPS) is 22.8.